The summed E-state index contributed by atoms with van der Waals surface area (Å²) in [5, 5.41) is 7.87. The first kappa shape index (κ1) is 27.2. The van der Waals surface area contributed by atoms with E-state index in [1.807, 2.05) is 18.2 Å². The van der Waals surface area contributed by atoms with E-state index in [-0.39, 0.29) is 33.1 Å². The van der Waals surface area contributed by atoms with Gasteiger partial charge in [0.05, 0.1) is 10.6 Å². The van der Waals surface area contributed by atoms with Crippen molar-refractivity contribution < 1.29 is 8.78 Å². The van der Waals surface area contributed by atoms with Gasteiger partial charge in [-0.2, -0.15) is 0 Å². The number of halogens is 5. The summed E-state index contributed by atoms with van der Waals surface area (Å²) in [5.74, 6) is -1.73. The Labute approximate surface area is 226 Å². The van der Waals surface area contributed by atoms with Crippen LogP contribution in [0.3, 0.4) is 0 Å². The van der Waals surface area contributed by atoms with E-state index in [0.29, 0.717) is 23.6 Å². The van der Waals surface area contributed by atoms with Gasteiger partial charge in [-0.25, -0.2) is 8.78 Å². The fourth-order valence-electron chi connectivity index (χ4n) is 5.32. The predicted octanol–water partition coefficient (Wildman–Crippen LogP) is 7.75. The summed E-state index contributed by atoms with van der Waals surface area (Å²) in [6.45, 7) is 6.69. The summed E-state index contributed by atoms with van der Waals surface area (Å²) in [5.41, 5.74) is 7.25. The Kier molecular flexibility index (Phi) is 7.89. The van der Waals surface area contributed by atoms with Gasteiger partial charge in [0, 0.05) is 45.8 Å². The van der Waals surface area contributed by atoms with Crippen LogP contribution in [0.1, 0.15) is 44.2 Å². The van der Waals surface area contributed by atoms with Gasteiger partial charge in [-0.15, -0.1) is 0 Å². The molecule has 8 heteroatoms. The van der Waals surface area contributed by atoms with Gasteiger partial charge < -0.3 is 16.4 Å². The largest absolute Gasteiger partial charge is 0.383 e. The lowest BCUT2D eigenvalue weighted by atomic mass is 9.68. The van der Waals surface area contributed by atoms with Gasteiger partial charge in [-0.05, 0) is 53.8 Å². The SMILES string of the molecule is CC(C)(C)C[C@@H]1NC(CNc2cccc(Cl)c2)[C@H](c2cccc(Cl)c2F)[C@@]1(N)c1ccc(Cl)cc1F. The molecule has 0 bridgehead atoms. The highest BCUT2D eigenvalue weighted by molar-refractivity contribution is 6.31. The van der Waals surface area contributed by atoms with E-state index in [9.17, 15) is 0 Å². The lowest BCUT2D eigenvalue weighted by molar-refractivity contribution is 0.245. The third-order valence-corrected chi connectivity index (χ3v) is 7.55. The van der Waals surface area contributed by atoms with E-state index in [4.69, 9.17) is 40.5 Å². The molecule has 4 rings (SSSR count). The molecule has 4 atom stereocenters. The fourth-order valence-corrected chi connectivity index (χ4v) is 5.85. The molecule has 1 aliphatic rings. The average Bonchev–Trinajstić information content (AvgIpc) is 3.04. The van der Waals surface area contributed by atoms with Crippen molar-refractivity contribution in [2.45, 2.75) is 50.7 Å². The van der Waals surface area contributed by atoms with Crippen LogP contribution in [-0.4, -0.2) is 18.6 Å². The third kappa shape index (κ3) is 5.51. The highest BCUT2D eigenvalue weighted by Gasteiger charge is 2.56. The summed E-state index contributed by atoms with van der Waals surface area (Å²) in [6.07, 6.45) is 0.623. The van der Waals surface area contributed by atoms with Crippen molar-refractivity contribution in [3.05, 3.63) is 98.5 Å². The Morgan fingerprint density at radius 3 is 2.33 bits per heavy atom. The van der Waals surface area contributed by atoms with Crippen LogP contribution in [0.5, 0.6) is 0 Å². The molecule has 0 amide bonds. The molecule has 3 aromatic rings. The zero-order chi connectivity index (χ0) is 26.3. The van der Waals surface area contributed by atoms with E-state index in [0.717, 1.165) is 5.69 Å². The first-order valence-electron chi connectivity index (χ1n) is 11.8. The normalized spacial score (nSPS) is 24.2. The molecule has 4 N–H and O–H groups in total. The van der Waals surface area contributed by atoms with E-state index in [2.05, 4.69) is 31.4 Å². The average molecular weight is 553 g/mol. The molecular weight excluding hydrogens is 523 g/mol. The Morgan fingerprint density at radius 2 is 1.67 bits per heavy atom. The fraction of sp³-hybridized carbons (Fsp3) is 0.357. The molecule has 3 aromatic carbocycles. The van der Waals surface area contributed by atoms with Crippen molar-refractivity contribution in [1.29, 1.82) is 0 Å². The third-order valence-electron chi connectivity index (χ3n) is 6.79. The molecule has 0 aromatic heterocycles. The van der Waals surface area contributed by atoms with Gasteiger partial charge in [-0.3, -0.25) is 0 Å². The van der Waals surface area contributed by atoms with E-state index in [1.54, 1.807) is 30.3 Å². The van der Waals surface area contributed by atoms with E-state index >= 15 is 8.78 Å². The molecule has 1 heterocycles. The van der Waals surface area contributed by atoms with Crippen molar-refractivity contribution >= 4 is 40.5 Å². The van der Waals surface area contributed by atoms with Gasteiger partial charge in [0.1, 0.15) is 11.6 Å². The molecule has 0 saturated carbocycles. The van der Waals surface area contributed by atoms with Crippen LogP contribution in [0.25, 0.3) is 0 Å². The van der Waals surface area contributed by atoms with Crippen LogP contribution in [0.15, 0.2) is 60.7 Å². The molecule has 192 valence electrons. The van der Waals surface area contributed by atoms with Crippen LogP contribution < -0.4 is 16.4 Å². The Balaban J connectivity index is 1.86. The van der Waals surface area contributed by atoms with Crippen molar-refractivity contribution in [1.82, 2.24) is 5.32 Å². The summed E-state index contributed by atoms with van der Waals surface area (Å²) >= 11 is 18.4. The molecule has 0 aliphatic carbocycles. The van der Waals surface area contributed by atoms with E-state index in [1.165, 1.54) is 12.1 Å². The lowest BCUT2D eigenvalue weighted by Gasteiger charge is -2.40. The lowest BCUT2D eigenvalue weighted by Crippen LogP contribution is -2.52. The maximum atomic E-state index is 15.6. The van der Waals surface area contributed by atoms with Crippen molar-refractivity contribution in [3.8, 4) is 0 Å². The Morgan fingerprint density at radius 1 is 0.972 bits per heavy atom. The minimum atomic E-state index is -1.30. The second-order valence-electron chi connectivity index (χ2n) is 10.7. The Bertz CT molecular complexity index is 1250. The van der Waals surface area contributed by atoms with Crippen LogP contribution in [0.2, 0.25) is 15.1 Å². The predicted molar refractivity (Wildman–Crippen MR) is 146 cm³/mol. The second kappa shape index (κ2) is 10.5. The van der Waals surface area contributed by atoms with Gasteiger partial charge in [-0.1, -0.05) is 79.8 Å². The summed E-state index contributed by atoms with van der Waals surface area (Å²) < 4.78 is 31.1. The van der Waals surface area contributed by atoms with Gasteiger partial charge in [0.15, 0.2) is 0 Å². The number of hydrogen-bond donors (Lipinski definition) is 3. The monoisotopic (exact) mass is 551 g/mol. The van der Waals surface area contributed by atoms with Crippen LogP contribution in [0, 0.1) is 17.0 Å². The van der Waals surface area contributed by atoms with Crippen molar-refractivity contribution in [2.75, 3.05) is 11.9 Å². The summed E-state index contributed by atoms with van der Waals surface area (Å²) in [4.78, 5) is 0. The van der Waals surface area contributed by atoms with E-state index < -0.39 is 23.1 Å². The van der Waals surface area contributed by atoms with Crippen LogP contribution >= 0.6 is 34.8 Å². The molecule has 0 spiro atoms. The molecule has 0 radical (unpaired) electrons. The summed E-state index contributed by atoms with van der Waals surface area (Å²) in [6, 6.07) is 16.0. The maximum Gasteiger partial charge on any atom is 0.145 e. The zero-order valence-corrected chi connectivity index (χ0v) is 22.7. The number of rotatable bonds is 6. The minimum Gasteiger partial charge on any atom is -0.383 e. The van der Waals surface area contributed by atoms with Gasteiger partial charge in [0.2, 0.25) is 0 Å². The number of benzene rings is 3. The minimum absolute atomic E-state index is 0.00718. The van der Waals surface area contributed by atoms with Crippen molar-refractivity contribution in [2.24, 2.45) is 11.1 Å². The number of nitrogens with two attached hydrogens (primary N) is 1. The molecule has 3 nitrogen and oxygen atoms in total. The number of nitrogens with one attached hydrogen (secondary N) is 2. The van der Waals surface area contributed by atoms with Gasteiger partial charge >= 0.3 is 0 Å². The molecule has 1 unspecified atom stereocenters. The number of anilines is 1. The smallest absolute Gasteiger partial charge is 0.145 e. The van der Waals surface area contributed by atoms with Gasteiger partial charge in [0.25, 0.3) is 0 Å². The van der Waals surface area contributed by atoms with Crippen molar-refractivity contribution in [3.63, 3.8) is 0 Å². The van der Waals surface area contributed by atoms with Crippen LogP contribution in [0.4, 0.5) is 14.5 Å². The first-order chi connectivity index (χ1) is 16.9. The standard InChI is InChI=1S/C28H30Cl3F2N3/c1-27(2,3)14-24-28(34,20-11-10-17(30)13-22(20)32)25(19-8-5-9-21(31)26(19)33)23(36-24)15-35-18-7-4-6-16(29)12-18/h4-13,23-25,35-36H,14-15,34H2,1-3H3/t23?,24-,25-,28+/m0/s1. The first-order valence-corrected chi connectivity index (χ1v) is 13.0. The molecular formula is C28H30Cl3F2N3. The quantitative estimate of drug-likeness (QED) is 0.293. The molecule has 1 aliphatic heterocycles. The molecule has 36 heavy (non-hydrogen) atoms. The summed E-state index contributed by atoms with van der Waals surface area (Å²) in [7, 11) is 0. The molecule has 1 fully saturated rings. The second-order valence-corrected chi connectivity index (χ2v) is 11.9. The number of hydrogen-bond acceptors (Lipinski definition) is 3. The zero-order valence-electron chi connectivity index (χ0n) is 20.4. The maximum absolute atomic E-state index is 15.6. The molecule has 1 saturated heterocycles. The highest BCUT2D eigenvalue weighted by atomic mass is 35.5. The highest BCUT2D eigenvalue weighted by Crippen LogP contribution is 2.49. The Hall–Kier alpha value is -1.89. The van der Waals surface area contributed by atoms with Crippen LogP contribution in [-0.2, 0) is 5.54 Å². The topological polar surface area (TPSA) is 50.1 Å².